The third-order valence-corrected chi connectivity index (χ3v) is 15.3. The highest BCUT2D eigenvalue weighted by Gasteiger charge is 2.57. The Hall–Kier alpha value is -1.63. The maximum Gasteiger partial charge on any atom is 0.192 e. The van der Waals surface area contributed by atoms with Gasteiger partial charge in [0.2, 0.25) is 0 Å². The van der Waals surface area contributed by atoms with Crippen molar-refractivity contribution < 1.29 is 9.16 Å². The molecule has 3 heterocycles. The van der Waals surface area contributed by atoms with E-state index >= 15 is 0 Å². The summed E-state index contributed by atoms with van der Waals surface area (Å²) in [5.41, 5.74) is 7.29. The van der Waals surface area contributed by atoms with Crippen LogP contribution in [0.1, 0.15) is 166 Å². The number of fused-ring (bicyclic) bond motifs is 4. The molecule has 4 unspecified atom stereocenters. The Balaban J connectivity index is 1.79. The smallest absolute Gasteiger partial charge is 0.192 e. The quantitative estimate of drug-likeness (QED) is 0.324. The third kappa shape index (κ3) is 5.32. The molecule has 1 saturated carbocycles. The van der Waals surface area contributed by atoms with E-state index < -0.39 is 8.32 Å². The SMILES string of the molecule is CCC1CCCC12OC(c1cnc(C(C)(C)C)nc1)c1c(C(C)C)nc3c(c12)C(O[Si](C)(C)C(C)(C)C)CC(C)(C)C3. The zero-order valence-electron chi connectivity index (χ0n) is 28.9. The van der Waals surface area contributed by atoms with E-state index in [-0.39, 0.29) is 39.6 Å². The molecule has 0 saturated heterocycles. The van der Waals surface area contributed by atoms with Crippen molar-refractivity contribution in [3.8, 4) is 0 Å². The summed E-state index contributed by atoms with van der Waals surface area (Å²) in [6.45, 7) is 30.1. The highest BCUT2D eigenvalue weighted by Crippen LogP contribution is 2.62. The standard InChI is InChI=1S/C36H57N3O2Si/c1-14-24-16-15-17-36(24)29-27-25(18-35(10,11)19-26(27)41-42(12,13)34(7,8)9)39-30(22(2)3)28(29)31(40-36)23-20-37-32(38-21-23)33(4,5)6/h20-22,24,26,31H,14-19H2,1-13H3. The minimum Gasteiger partial charge on any atom is -0.410 e. The monoisotopic (exact) mass is 591 g/mol. The lowest BCUT2D eigenvalue weighted by Gasteiger charge is -2.46. The molecule has 4 atom stereocenters. The Morgan fingerprint density at radius 3 is 2.24 bits per heavy atom. The van der Waals surface area contributed by atoms with Gasteiger partial charge in [0.05, 0.1) is 11.7 Å². The van der Waals surface area contributed by atoms with E-state index in [0.29, 0.717) is 5.92 Å². The Morgan fingerprint density at radius 2 is 1.69 bits per heavy atom. The predicted octanol–water partition coefficient (Wildman–Crippen LogP) is 9.85. The van der Waals surface area contributed by atoms with Crippen LogP contribution in [0.5, 0.6) is 0 Å². The van der Waals surface area contributed by atoms with Gasteiger partial charge in [-0.25, -0.2) is 9.97 Å². The van der Waals surface area contributed by atoms with Crippen molar-refractivity contribution in [3.63, 3.8) is 0 Å². The molecular weight excluding hydrogens is 535 g/mol. The van der Waals surface area contributed by atoms with Crippen LogP contribution < -0.4 is 0 Å². The normalized spacial score (nSPS) is 27.5. The Kier molecular flexibility index (Phi) is 7.93. The number of nitrogens with zero attached hydrogens (tertiary/aromatic N) is 3. The average molecular weight is 592 g/mol. The molecule has 5 rings (SSSR count). The fourth-order valence-electron chi connectivity index (χ4n) is 7.58. The van der Waals surface area contributed by atoms with Gasteiger partial charge in [-0.1, -0.05) is 82.6 Å². The maximum absolute atomic E-state index is 7.49. The lowest BCUT2D eigenvalue weighted by atomic mass is 9.69. The van der Waals surface area contributed by atoms with Gasteiger partial charge < -0.3 is 9.16 Å². The molecular formula is C36H57N3O2Si. The van der Waals surface area contributed by atoms with Crippen molar-refractivity contribution in [2.24, 2.45) is 11.3 Å². The molecule has 0 amide bonds. The molecule has 2 aromatic rings. The summed E-state index contributed by atoms with van der Waals surface area (Å²) in [5.74, 6) is 1.63. The zero-order chi connectivity index (χ0) is 31.0. The topological polar surface area (TPSA) is 57.1 Å². The summed E-state index contributed by atoms with van der Waals surface area (Å²) in [5, 5.41) is 0.130. The van der Waals surface area contributed by atoms with Gasteiger partial charge in [0.1, 0.15) is 11.9 Å². The van der Waals surface area contributed by atoms with Crippen molar-refractivity contribution >= 4 is 8.32 Å². The van der Waals surface area contributed by atoms with Crippen molar-refractivity contribution in [1.29, 1.82) is 0 Å². The second kappa shape index (κ2) is 10.5. The van der Waals surface area contributed by atoms with Gasteiger partial charge in [0.15, 0.2) is 8.32 Å². The van der Waals surface area contributed by atoms with Gasteiger partial charge in [0.25, 0.3) is 0 Å². The lowest BCUT2D eigenvalue weighted by molar-refractivity contribution is -0.0893. The molecule has 0 aromatic carbocycles. The van der Waals surface area contributed by atoms with Crippen LogP contribution in [0.15, 0.2) is 12.4 Å². The van der Waals surface area contributed by atoms with Crippen molar-refractivity contribution in [2.45, 2.75) is 162 Å². The first-order chi connectivity index (χ1) is 19.3. The molecule has 6 heteroatoms. The van der Waals surface area contributed by atoms with Crippen molar-refractivity contribution in [3.05, 3.63) is 51.9 Å². The van der Waals surface area contributed by atoms with E-state index in [1.807, 2.05) is 12.4 Å². The van der Waals surface area contributed by atoms with Crippen LogP contribution in [0.3, 0.4) is 0 Å². The molecule has 42 heavy (non-hydrogen) atoms. The molecule has 2 aromatic heterocycles. The first-order valence-corrected chi connectivity index (χ1v) is 19.5. The molecule has 0 bridgehead atoms. The van der Waals surface area contributed by atoms with E-state index in [1.54, 1.807) is 0 Å². The summed E-state index contributed by atoms with van der Waals surface area (Å²) in [6, 6.07) is 0. The second-order valence-corrected chi connectivity index (χ2v) is 21.9. The number of hydrogen-bond acceptors (Lipinski definition) is 5. The highest BCUT2D eigenvalue weighted by molar-refractivity contribution is 6.74. The summed E-state index contributed by atoms with van der Waals surface area (Å²) in [7, 11) is -2.06. The second-order valence-electron chi connectivity index (χ2n) is 17.2. The number of pyridine rings is 1. The Morgan fingerprint density at radius 1 is 1.05 bits per heavy atom. The maximum atomic E-state index is 7.49. The number of ether oxygens (including phenoxy) is 1. The summed E-state index contributed by atoms with van der Waals surface area (Å²) < 4.78 is 14.9. The Labute approximate surface area is 257 Å². The van der Waals surface area contributed by atoms with Gasteiger partial charge in [-0.05, 0) is 73.1 Å². The van der Waals surface area contributed by atoms with Crippen LogP contribution in [0.2, 0.25) is 18.1 Å². The van der Waals surface area contributed by atoms with Gasteiger partial charge in [-0.15, -0.1) is 0 Å². The average Bonchev–Trinajstić information content (AvgIpc) is 3.42. The fourth-order valence-corrected chi connectivity index (χ4v) is 8.84. The molecule has 232 valence electrons. The summed E-state index contributed by atoms with van der Waals surface area (Å²) in [4.78, 5) is 15.3. The van der Waals surface area contributed by atoms with E-state index in [0.717, 1.165) is 37.1 Å². The van der Waals surface area contributed by atoms with E-state index in [9.17, 15) is 0 Å². The van der Waals surface area contributed by atoms with Crippen LogP contribution in [0.4, 0.5) is 0 Å². The lowest BCUT2D eigenvalue weighted by Crippen LogP contribution is -2.44. The summed E-state index contributed by atoms with van der Waals surface area (Å²) in [6.07, 6.45) is 10.4. The Bertz CT molecular complexity index is 1320. The van der Waals surface area contributed by atoms with Crippen LogP contribution in [-0.4, -0.2) is 23.3 Å². The molecule has 1 fully saturated rings. The van der Waals surface area contributed by atoms with Gasteiger partial charge in [-0.3, -0.25) is 4.98 Å². The summed E-state index contributed by atoms with van der Waals surface area (Å²) >= 11 is 0. The van der Waals surface area contributed by atoms with Crippen LogP contribution in [0, 0.1) is 11.3 Å². The van der Waals surface area contributed by atoms with Crippen molar-refractivity contribution in [2.75, 3.05) is 0 Å². The fraction of sp³-hybridized carbons (Fsp3) is 0.750. The number of aromatic nitrogens is 3. The molecule has 1 spiro atoms. The first-order valence-electron chi connectivity index (χ1n) is 16.6. The molecule has 5 nitrogen and oxygen atoms in total. The molecule has 2 aliphatic carbocycles. The highest BCUT2D eigenvalue weighted by atomic mass is 28.4. The largest absolute Gasteiger partial charge is 0.410 e. The zero-order valence-corrected chi connectivity index (χ0v) is 29.9. The van der Waals surface area contributed by atoms with E-state index in [2.05, 4.69) is 89.3 Å². The molecule has 0 N–H and O–H groups in total. The first kappa shape index (κ1) is 31.8. The van der Waals surface area contributed by atoms with E-state index in [1.165, 1.54) is 40.9 Å². The minimum atomic E-state index is -2.06. The van der Waals surface area contributed by atoms with Gasteiger partial charge in [-0.2, -0.15) is 0 Å². The van der Waals surface area contributed by atoms with Gasteiger partial charge in [0, 0.05) is 45.9 Å². The molecule has 0 radical (unpaired) electrons. The third-order valence-electron chi connectivity index (χ3n) is 10.8. The predicted molar refractivity (Wildman–Crippen MR) is 174 cm³/mol. The number of hydrogen-bond donors (Lipinski definition) is 0. The molecule has 1 aliphatic heterocycles. The van der Waals surface area contributed by atoms with Crippen LogP contribution in [0.25, 0.3) is 0 Å². The van der Waals surface area contributed by atoms with E-state index in [4.69, 9.17) is 24.1 Å². The molecule has 3 aliphatic rings. The number of rotatable bonds is 5. The van der Waals surface area contributed by atoms with Crippen LogP contribution >= 0.6 is 0 Å². The van der Waals surface area contributed by atoms with Gasteiger partial charge >= 0.3 is 0 Å². The minimum absolute atomic E-state index is 0.0314. The van der Waals surface area contributed by atoms with Crippen molar-refractivity contribution in [1.82, 2.24) is 15.0 Å². The van der Waals surface area contributed by atoms with Crippen LogP contribution in [-0.2, 0) is 26.6 Å².